The van der Waals surface area contributed by atoms with Gasteiger partial charge in [-0.3, -0.25) is 4.79 Å². The highest BCUT2D eigenvalue weighted by Crippen LogP contribution is 2.41. The van der Waals surface area contributed by atoms with Crippen molar-refractivity contribution in [3.63, 3.8) is 0 Å². The number of piperazine rings is 1. The molecule has 0 radical (unpaired) electrons. The number of ether oxygens (including phenoxy) is 2. The fourth-order valence-electron chi connectivity index (χ4n) is 5.11. The van der Waals surface area contributed by atoms with Gasteiger partial charge in [0.1, 0.15) is 17.1 Å². The summed E-state index contributed by atoms with van der Waals surface area (Å²) in [6, 6.07) is 17.0. The van der Waals surface area contributed by atoms with E-state index in [-0.39, 0.29) is 12.0 Å². The van der Waals surface area contributed by atoms with Crippen molar-refractivity contribution in [2.45, 2.75) is 70.0 Å². The number of carbonyl (C=O) groups is 2. The molecule has 36 heavy (non-hydrogen) atoms. The molecule has 0 bridgehead atoms. The Bertz CT molecular complexity index is 1020. The standard InChI is InChI=1S/C29H38N2O5/c1-28(2,3)36-27(33)31-20-18-30(19-21-31)26(32)25(29(34)16-8-5-9-17-29)22-12-14-24(15-13-22)35-23-10-6-4-7-11-23/h4,6-7,10-15,25,34H,5,8-9,16-21H2,1-3H3. The summed E-state index contributed by atoms with van der Waals surface area (Å²) in [4.78, 5) is 29.8. The van der Waals surface area contributed by atoms with Crippen LogP contribution in [0.1, 0.15) is 64.4 Å². The Kier molecular flexibility index (Phi) is 7.88. The van der Waals surface area contributed by atoms with E-state index in [4.69, 9.17) is 9.47 Å². The van der Waals surface area contributed by atoms with Crippen LogP contribution in [0.25, 0.3) is 0 Å². The number of nitrogens with zero attached hydrogens (tertiary/aromatic N) is 2. The van der Waals surface area contributed by atoms with Crippen LogP contribution in [0.4, 0.5) is 4.79 Å². The van der Waals surface area contributed by atoms with Crippen molar-refractivity contribution in [3.8, 4) is 11.5 Å². The quantitative estimate of drug-likeness (QED) is 0.607. The van der Waals surface area contributed by atoms with E-state index >= 15 is 0 Å². The highest BCUT2D eigenvalue weighted by atomic mass is 16.6. The van der Waals surface area contributed by atoms with E-state index in [1.165, 1.54) is 0 Å². The van der Waals surface area contributed by atoms with Gasteiger partial charge in [0.25, 0.3) is 0 Å². The summed E-state index contributed by atoms with van der Waals surface area (Å²) in [5.41, 5.74) is -0.853. The molecule has 1 heterocycles. The summed E-state index contributed by atoms with van der Waals surface area (Å²) in [6.45, 7) is 7.19. The topological polar surface area (TPSA) is 79.3 Å². The van der Waals surface area contributed by atoms with Crippen LogP contribution in [-0.4, -0.2) is 64.3 Å². The van der Waals surface area contributed by atoms with E-state index in [1.807, 2.05) is 75.4 Å². The number of benzene rings is 2. The van der Waals surface area contributed by atoms with Gasteiger partial charge in [0.15, 0.2) is 0 Å². The first-order valence-electron chi connectivity index (χ1n) is 13.0. The second-order valence-corrected chi connectivity index (χ2v) is 10.9. The third kappa shape index (κ3) is 6.38. The second kappa shape index (κ2) is 10.9. The van der Waals surface area contributed by atoms with Crippen LogP contribution in [0.15, 0.2) is 54.6 Å². The van der Waals surface area contributed by atoms with Gasteiger partial charge in [-0.05, 0) is 63.4 Å². The molecule has 1 aliphatic heterocycles. The van der Waals surface area contributed by atoms with Gasteiger partial charge in [0, 0.05) is 26.2 Å². The van der Waals surface area contributed by atoms with Crippen molar-refractivity contribution >= 4 is 12.0 Å². The zero-order valence-electron chi connectivity index (χ0n) is 21.6. The van der Waals surface area contributed by atoms with Crippen LogP contribution in [0.2, 0.25) is 0 Å². The number of aliphatic hydroxyl groups is 1. The van der Waals surface area contributed by atoms with E-state index < -0.39 is 17.1 Å². The van der Waals surface area contributed by atoms with Crippen molar-refractivity contribution in [1.82, 2.24) is 9.80 Å². The number of hydrogen-bond acceptors (Lipinski definition) is 5. The molecule has 0 spiro atoms. The molecule has 2 fully saturated rings. The molecule has 7 nitrogen and oxygen atoms in total. The lowest BCUT2D eigenvalue weighted by atomic mass is 9.72. The fourth-order valence-corrected chi connectivity index (χ4v) is 5.11. The summed E-state index contributed by atoms with van der Waals surface area (Å²) in [7, 11) is 0. The Morgan fingerprint density at radius 3 is 1.97 bits per heavy atom. The smallest absolute Gasteiger partial charge is 0.410 e. The maximum absolute atomic E-state index is 13.9. The van der Waals surface area contributed by atoms with Gasteiger partial charge in [-0.25, -0.2) is 4.79 Å². The normalized spacial score (nSPS) is 18.9. The first-order valence-corrected chi connectivity index (χ1v) is 13.0. The van der Waals surface area contributed by atoms with Crippen molar-refractivity contribution < 1.29 is 24.2 Å². The van der Waals surface area contributed by atoms with Crippen LogP contribution in [-0.2, 0) is 9.53 Å². The van der Waals surface area contributed by atoms with E-state index in [0.29, 0.717) is 44.8 Å². The van der Waals surface area contributed by atoms with Crippen LogP contribution in [0, 0.1) is 0 Å². The Labute approximate surface area is 214 Å². The summed E-state index contributed by atoms with van der Waals surface area (Å²) in [5.74, 6) is 0.681. The molecular formula is C29H38N2O5. The number of hydrogen-bond donors (Lipinski definition) is 1. The predicted octanol–water partition coefficient (Wildman–Crippen LogP) is 5.34. The summed E-state index contributed by atoms with van der Waals surface area (Å²) >= 11 is 0. The Morgan fingerprint density at radius 1 is 0.833 bits per heavy atom. The van der Waals surface area contributed by atoms with Crippen molar-refractivity contribution in [3.05, 3.63) is 60.2 Å². The molecule has 1 unspecified atom stereocenters. The van der Waals surface area contributed by atoms with Crippen LogP contribution >= 0.6 is 0 Å². The summed E-state index contributed by atoms with van der Waals surface area (Å²) < 4.78 is 11.4. The van der Waals surface area contributed by atoms with Gasteiger partial charge in [0.05, 0.1) is 11.5 Å². The predicted molar refractivity (Wildman–Crippen MR) is 138 cm³/mol. The molecule has 194 valence electrons. The van der Waals surface area contributed by atoms with E-state index in [0.717, 1.165) is 30.6 Å². The van der Waals surface area contributed by atoms with Gasteiger partial charge in [-0.1, -0.05) is 49.6 Å². The number of carbonyl (C=O) groups excluding carboxylic acids is 2. The summed E-state index contributed by atoms with van der Waals surface area (Å²) in [5, 5.41) is 11.7. The highest BCUT2D eigenvalue weighted by molar-refractivity contribution is 5.85. The van der Waals surface area contributed by atoms with Gasteiger partial charge >= 0.3 is 6.09 Å². The largest absolute Gasteiger partial charge is 0.457 e. The maximum Gasteiger partial charge on any atom is 0.410 e. The van der Waals surface area contributed by atoms with Gasteiger partial charge in [-0.15, -0.1) is 0 Å². The van der Waals surface area contributed by atoms with Crippen LogP contribution in [0.5, 0.6) is 11.5 Å². The van der Waals surface area contributed by atoms with E-state index in [1.54, 1.807) is 9.80 Å². The Balaban J connectivity index is 1.49. The lowest BCUT2D eigenvalue weighted by Crippen LogP contribution is -2.55. The minimum Gasteiger partial charge on any atom is -0.457 e. The minimum atomic E-state index is -1.08. The number of amides is 2. The van der Waals surface area contributed by atoms with E-state index in [9.17, 15) is 14.7 Å². The minimum absolute atomic E-state index is 0.0834. The average molecular weight is 495 g/mol. The molecule has 1 atom stereocenters. The molecule has 1 saturated carbocycles. The molecule has 4 rings (SSSR count). The van der Waals surface area contributed by atoms with Crippen molar-refractivity contribution in [2.75, 3.05) is 26.2 Å². The molecule has 0 aromatic heterocycles. The third-order valence-electron chi connectivity index (χ3n) is 6.94. The molecule has 2 aromatic carbocycles. The second-order valence-electron chi connectivity index (χ2n) is 10.9. The van der Waals surface area contributed by atoms with Crippen LogP contribution < -0.4 is 4.74 Å². The molecule has 2 aliphatic rings. The lowest BCUT2D eigenvalue weighted by molar-refractivity contribution is -0.143. The first-order chi connectivity index (χ1) is 17.1. The molecule has 2 aromatic rings. The first kappa shape index (κ1) is 26.0. The number of rotatable bonds is 5. The zero-order valence-corrected chi connectivity index (χ0v) is 21.6. The molecule has 1 aliphatic carbocycles. The Hall–Kier alpha value is -3.06. The van der Waals surface area contributed by atoms with Crippen molar-refractivity contribution in [1.29, 1.82) is 0 Å². The van der Waals surface area contributed by atoms with E-state index in [2.05, 4.69) is 0 Å². The maximum atomic E-state index is 13.9. The molecule has 1 N–H and O–H groups in total. The van der Waals surface area contributed by atoms with Gasteiger partial charge < -0.3 is 24.4 Å². The monoisotopic (exact) mass is 494 g/mol. The average Bonchev–Trinajstić information content (AvgIpc) is 2.85. The SMILES string of the molecule is CC(C)(C)OC(=O)N1CCN(C(=O)C(c2ccc(Oc3ccccc3)cc2)C2(O)CCCCC2)CC1. The molecular weight excluding hydrogens is 456 g/mol. The van der Waals surface area contributed by atoms with Gasteiger partial charge in [0.2, 0.25) is 5.91 Å². The van der Waals surface area contributed by atoms with Gasteiger partial charge in [-0.2, -0.15) is 0 Å². The highest BCUT2D eigenvalue weighted by Gasteiger charge is 2.45. The number of para-hydroxylation sites is 1. The lowest BCUT2D eigenvalue weighted by Gasteiger charge is -2.43. The van der Waals surface area contributed by atoms with Crippen molar-refractivity contribution in [2.24, 2.45) is 0 Å². The third-order valence-corrected chi connectivity index (χ3v) is 6.94. The fraction of sp³-hybridized carbons (Fsp3) is 0.517. The molecule has 2 amide bonds. The Morgan fingerprint density at radius 2 is 1.39 bits per heavy atom. The molecule has 1 saturated heterocycles. The summed E-state index contributed by atoms with van der Waals surface area (Å²) in [6.07, 6.45) is 3.73. The zero-order chi connectivity index (χ0) is 25.8. The van der Waals surface area contributed by atoms with Crippen LogP contribution in [0.3, 0.4) is 0 Å². The molecule has 7 heteroatoms.